The Labute approximate surface area is 118 Å². The summed E-state index contributed by atoms with van der Waals surface area (Å²) in [6.45, 7) is 4.43. The lowest BCUT2D eigenvalue weighted by molar-refractivity contribution is 0.178. The Morgan fingerprint density at radius 1 is 1.22 bits per heavy atom. The first-order chi connectivity index (χ1) is 8.74. The smallest absolute Gasteiger partial charge is 0.0637 e. The first kappa shape index (κ1) is 12.7. The van der Waals surface area contributed by atoms with Crippen LogP contribution in [0.1, 0.15) is 18.4 Å². The number of hydrogen-bond donors (Lipinski definition) is 1. The lowest BCUT2D eigenvalue weighted by Gasteiger charge is -2.33. The molecule has 2 aliphatic rings. The number of rotatable bonds is 5. The summed E-state index contributed by atoms with van der Waals surface area (Å²) in [7, 11) is 0. The fraction of sp³-hybridized carbons (Fsp3) is 0.571. The minimum Gasteiger partial charge on any atom is -0.316 e. The third-order valence-corrected chi connectivity index (χ3v) is 4.69. The summed E-state index contributed by atoms with van der Waals surface area (Å²) in [5.74, 6) is 0.809. The molecular weight excluding hydrogens is 267 g/mol. The lowest BCUT2D eigenvalue weighted by Crippen LogP contribution is -2.48. The van der Waals surface area contributed by atoms with Crippen LogP contribution in [0.15, 0.2) is 18.2 Å². The molecule has 0 bridgehead atoms. The summed E-state index contributed by atoms with van der Waals surface area (Å²) in [5, 5.41) is 4.72. The van der Waals surface area contributed by atoms with E-state index in [-0.39, 0.29) is 0 Å². The van der Waals surface area contributed by atoms with E-state index in [1.54, 1.807) is 0 Å². The van der Waals surface area contributed by atoms with Crippen LogP contribution in [-0.4, -0.2) is 30.6 Å². The number of halogens is 2. The SMILES string of the molecule is Clc1cccc(CN(CC2CNC2)C2CC2)c1Cl. The third kappa shape index (κ3) is 2.83. The summed E-state index contributed by atoms with van der Waals surface area (Å²) in [6.07, 6.45) is 2.66. The van der Waals surface area contributed by atoms with Gasteiger partial charge in [-0.3, -0.25) is 4.90 Å². The van der Waals surface area contributed by atoms with Crippen molar-refractivity contribution in [1.29, 1.82) is 0 Å². The van der Waals surface area contributed by atoms with Crippen molar-refractivity contribution >= 4 is 23.2 Å². The maximum Gasteiger partial charge on any atom is 0.0637 e. The quantitative estimate of drug-likeness (QED) is 0.894. The zero-order chi connectivity index (χ0) is 12.5. The van der Waals surface area contributed by atoms with Gasteiger partial charge in [-0.05, 0) is 30.4 Å². The van der Waals surface area contributed by atoms with Gasteiger partial charge in [-0.1, -0.05) is 35.3 Å². The van der Waals surface area contributed by atoms with Gasteiger partial charge in [0.15, 0.2) is 0 Å². The van der Waals surface area contributed by atoms with Gasteiger partial charge in [0, 0.05) is 32.2 Å². The Morgan fingerprint density at radius 2 is 2.00 bits per heavy atom. The van der Waals surface area contributed by atoms with Crippen molar-refractivity contribution in [3.8, 4) is 0 Å². The summed E-state index contributed by atoms with van der Waals surface area (Å²) >= 11 is 12.4. The Balaban J connectivity index is 1.69. The van der Waals surface area contributed by atoms with E-state index in [1.165, 1.54) is 19.4 Å². The minimum absolute atomic E-state index is 0.662. The molecule has 3 rings (SSSR count). The monoisotopic (exact) mass is 284 g/mol. The van der Waals surface area contributed by atoms with Crippen LogP contribution in [0, 0.1) is 5.92 Å². The van der Waals surface area contributed by atoms with Crippen molar-refractivity contribution in [2.75, 3.05) is 19.6 Å². The van der Waals surface area contributed by atoms with Gasteiger partial charge in [-0.25, -0.2) is 0 Å². The first-order valence-corrected chi connectivity index (χ1v) is 7.37. The van der Waals surface area contributed by atoms with E-state index >= 15 is 0 Å². The van der Waals surface area contributed by atoms with Crippen LogP contribution in [0.2, 0.25) is 10.0 Å². The Hall–Kier alpha value is -0.280. The van der Waals surface area contributed by atoms with E-state index in [4.69, 9.17) is 23.2 Å². The second kappa shape index (κ2) is 5.38. The molecule has 1 N–H and O–H groups in total. The molecule has 0 atom stereocenters. The molecule has 1 heterocycles. The summed E-state index contributed by atoms with van der Waals surface area (Å²) in [4.78, 5) is 2.57. The summed E-state index contributed by atoms with van der Waals surface area (Å²) < 4.78 is 0. The highest BCUT2D eigenvalue weighted by Gasteiger charge is 2.32. The van der Waals surface area contributed by atoms with Gasteiger partial charge in [-0.15, -0.1) is 0 Å². The van der Waals surface area contributed by atoms with Gasteiger partial charge >= 0.3 is 0 Å². The molecule has 1 aliphatic heterocycles. The van der Waals surface area contributed by atoms with Gasteiger partial charge in [0.2, 0.25) is 0 Å². The number of nitrogens with one attached hydrogen (secondary N) is 1. The maximum atomic E-state index is 6.28. The molecule has 18 heavy (non-hydrogen) atoms. The van der Waals surface area contributed by atoms with Crippen LogP contribution in [0.4, 0.5) is 0 Å². The van der Waals surface area contributed by atoms with Crippen LogP contribution in [0.25, 0.3) is 0 Å². The van der Waals surface area contributed by atoms with E-state index in [2.05, 4.69) is 16.3 Å². The van der Waals surface area contributed by atoms with Crippen molar-refractivity contribution < 1.29 is 0 Å². The average Bonchev–Trinajstić information content (AvgIpc) is 3.11. The van der Waals surface area contributed by atoms with E-state index in [9.17, 15) is 0 Å². The van der Waals surface area contributed by atoms with Crippen LogP contribution in [0.3, 0.4) is 0 Å². The molecule has 4 heteroatoms. The molecule has 1 saturated carbocycles. The van der Waals surface area contributed by atoms with E-state index in [0.717, 1.165) is 42.2 Å². The van der Waals surface area contributed by atoms with Gasteiger partial charge in [-0.2, -0.15) is 0 Å². The normalized spacial score (nSPS) is 20.2. The van der Waals surface area contributed by atoms with Crippen LogP contribution in [0.5, 0.6) is 0 Å². The molecule has 1 aromatic rings. The summed E-state index contributed by atoms with van der Waals surface area (Å²) in [6, 6.07) is 6.69. The second-order valence-electron chi connectivity index (χ2n) is 5.40. The van der Waals surface area contributed by atoms with Gasteiger partial charge in [0.25, 0.3) is 0 Å². The van der Waals surface area contributed by atoms with Crippen molar-refractivity contribution in [3.05, 3.63) is 33.8 Å². The minimum atomic E-state index is 0.662. The molecule has 1 aliphatic carbocycles. The zero-order valence-corrected chi connectivity index (χ0v) is 11.8. The molecule has 0 unspecified atom stereocenters. The predicted octanol–water partition coefficient (Wildman–Crippen LogP) is 3.18. The van der Waals surface area contributed by atoms with Crippen LogP contribution < -0.4 is 5.32 Å². The molecule has 2 nitrogen and oxygen atoms in total. The van der Waals surface area contributed by atoms with Crippen molar-refractivity contribution in [1.82, 2.24) is 10.2 Å². The van der Waals surface area contributed by atoms with E-state index in [1.807, 2.05) is 12.1 Å². The highest BCUT2D eigenvalue weighted by atomic mass is 35.5. The van der Waals surface area contributed by atoms with Crippen molar-refractivity contribution in [2.45, 2.75) is 25.4 Å². The number of hydrogen-bond acceptors (Lipinski definition) is 2. The van der Waals surface area contributed by atoms with Gasteiger partial charge < -0.3 is 5.32 Å². The highest BCUT2D eigenvalue weighted by molar-refractivity contribution is 6.42. The lowest BCUT2D eigenvalue weighted by atomic mass is 10.0. The predicted molar refractivity (Wildman–Crippen MR) is 76.3 cm³/mol. The number of benzene rings is 1. The fourth-order valence-electron chi connectivity index (χ4n) is 2.48. The molecule has 2 fully saturated rings. The van der Waals surface area contributed by atoms with Crippen molar-refractivity contribution in [3.63, 3.8) is 0 Å². The molecule has 0 radical (unpaired) electrons. The molecule has 98 valence electrons. The summed E-state index contributed by atoms with van der Waals surface area (Å²) in [5.41, 5.74) is 1.16. The third-order valence-electron chi connectivity index (χ3n) is 3.83. The van der Waals surface area contributed by atoms with Gasteiger partial charge in [0.05, 0.1) is 10.0 Å². The average molecular weight is 285 g/mol. The van der Waals surface area contributed by atoms with Crippen LogP contribution >= 0.6 is 23.2 Å². The fourth-order valence-corrected chi connectivity index (χ4v) is 2.86. The van der Waals surface area contributed by atoms with E-state index < -0.39 is 0 Å². The largest absolute Gasteiger partial charge is 0.316 e. The highest BCUT2D eigenvalue weighted by Crippen LogP contribution is 2.32. The Morgan fingerprint density at radius 3 is 2.61 bits per heavy atom. The molecule has 1 aromatic carbocycles. The van der Waals surface area contributed by atoms with Gasteiger partial charge in [0.1, 0.15) is 0 Å². The zero-order valence-electron chi connectivity index (χ0n) is 10.3. The standard InChI is InChI=1S/C14H18Cl2N2/c15-13-3-1-2-11(14(13)16)9-18(12-4-5-12)8-10-6-17-7-10/h1-3,10,12,17H,4-9H2. The van der Waals surface area contributed by atoms with Crippen molar-refractivity contribution in [2.24, 2.45) is 5.92 Å². The maximum absolute atomic E-state index is 6.28. The molecular formula is C14H18Cl2N2. The Kier molecular flexibility index (Phi) is 3.81. The van der Waals surface area contributed by atoms with Crippen LogP contribution in [-0.2, 0) is 6.54 Å². The molecule has 0 spiro atoms. The molecule has 1 saturated heterocycles. The number of nitrogens with zero attached hydrogens (tertiary/aromatic N) is 1. The Bertz CT molecular complexity index is 428. The molecule has 0 amide bonds. The van der Waals surface area contributed by atoms with E-state index in [0.29, 0.717) is 5.02 Å². The molecule has 0 aromatic heterocycles. The first-order valence-electron chi connectivity index (χ1n) is 6.61. The topological polar surface area (TPSA) is 15.3 Å². The second-order valence-corrected chi connectivity index (χ2v) is 6.18.